The van der Waals surface area contributed by atoms with Gasteiger partial charge in [-0.05, 0) is 37.3 Å². The fraction of sp³-hybridized carbons (Fsp3) is 0.857. The summed E-state index contributed by atoms with van der Waals surface area (Å²) in [4.78, 5) is 11.1. The van der Waals surface area contributed by atoms with E-state index in [9.17, 15) is 4.79 Å². The Balaban J connectivity index is 2.39. The Labute approximate surface area is 112 Å². The first-order chi connectivity index (χ1) is 8.34. The van der Waals surface area contributed by atoms with Crippen molar-refractivity contribution in [1.82, 2.24) is 0 Å². The molecular formula is C14H27BNO2+. The molecule has 2 unspecified atom stereocenters. The molecular weight excluding hydrogens is 225 g/mol. The molecule has 1 heterocycles. The molecule has 1 amide bonds. The number of carbonyl (C=O) groups excluding carboxylic acids is 1. The van der Waals surface area contributed by atoms with E-state index in [1.807, 2.05) is 0 Å². The highest BCUT2D eigenvalue weighted by Gasteiger charge is 2.35. The molecule has 2 atom stereocenters. The van der Waals surface area contributed by atoms with Gasteiger partial charge >= 0.3 is 0 Å². The van der Waals surface area contributed by atoms with Crippen LogP contribution < -0.4 is 5.73 Å². The van der Waals surface area contributed by atoms with Crippen LogP contribution in [0.4, 0.5) is 0 Å². The monoisotopic (exact) mass is 252 g/mol. The van der Waals surface area contributed by atoms with Gasteiger partial charge in [-0.2, -0.15) is 0 Å². The summed E-state index contributed by atoms with van der Waals surface area (Å²) in [6.07, 6.45) is 5.49. The Kier molecular flexibility index (Phi) is 5.58. The smallest absolute Gasteiger partial charge is 0.293 e. The zero-order valence-corrected chi connectivity index (χ0v) is 12.1. The van der Waals surface area contributed by atoms with Crippen LogP contribution in [0.1, 0.15) is 40.0 Å². The maximum absolute atomic E-state index is 11.1. The molecule has 4 heteroatoms. The predicted molar refractivity (Wildman–Crippen MR) is 76.2 cm³/mol. The minimum Gasteiger partial charge on any atom is -0.436 e. The third kappa shape index (κ3) is 4.93. The van der Waals surface area contributed by atoms with Gasteiger partial charge < -0.3 is 10.4 Å². The molecule has 0 aromatic carbocycles. The van der Waals surface area contributed by atoms with Crippen molar-refractivity contribution in [2.45, 2.75) is 52.7 Å². The van der Waals surface area contributed by atoms with Crippen molar-refractivity contribution in [2.24, 2.45) is 23.0 Å². The lowest BCUT2D eigenvalue weighted by molar-refractivity contribution is -0.121. The van der Waals surface area contributed by atoms with Gasteiger partial charge in [0.15, 0.2) is 5.92 Å². The van der Waals surface area contributed by atoms with E-state index in [1.54, 1.807) is 0 Å². The zero-order chi connectivity index (χ0) is 13.8. The van der Waals surface area contributed by atoms with Crippen LogP contribution >= 0.6 is 0 Å². The molecule has 18 heavy (non-hydrogen) atoms. The summed E-state index contributed by atoms with van der Waals surface area (Å²) in [5.74, 6) is 0.155. The minimum absolute atomic E-state index is 0.132. The van der Waals surface area contributed by atoms with Crippen molar-refractivity contribution in [3.8, 4) is 0 Å². The highest BCUT2D eigenvalue weighted by atomic mass is 16.4. The molecule has 0 aromatic rings. The van der Waals surface area contributed by atoms with Gasteiger partial charge in [0.2, 0.25) is 0 Å². The molecule has 0 spiro atoms. The van der Waals surface area contributed by atoms with Crippen molar-refractivity contribution in [3.05, 3.63) is 6.92 Å². The SMILES string of the molecule is [CH2+]C(CC(C)(C)CC1CCB(OCC)C1)C(N)=O. The molecule has 0 aliphatic carbocycles. The topological polar surface area (TPSA) is 52.3 Å². The normalized spacial score (nSPS) is 22.2. The molecule has 102 valence electrons. The van der Waals surface area contributed by atoms with Crippen molar-refractivity contribution in [2.75, 3.05) is 6.61 Å². The van der Waals surface area contributed by atoms with Gasteiger partial charge in [0.1, 0.15) is 0 Å². The van der Waals surface area contributed by atoms with Gasteiger partial charge in [-0.3, -0.25) is 4.79 Å². The fourth-order valence-corrected chi connectivity index (χ4v) is 3.23. The average molecular weight is 252 g/mol. The summed E-state index contributed by atoms with van der Waals surface area (Å²) in [5.41, 5.74) is 5.42. The Morgan fingerprint density at radius 1 is 1.61 bits per heavy atom. The summed E-state index contributed by atoms with van der Waals surface area (Å²) in [6.45, 7) is 11.6. The molecule has 0 saturated carbocycles. The number of carbonyl (C=O) groups is 1. The summed E-state index contributed by atoms with van der Waals surface area (Å²) in [6, 6.07) is 0. The zero-order valence-electron chi connectivity index (χ0n) is 12.1. The number of hydrogen-bond donors (Lipinski definition) is 1. The van der Waals surface area contributed by atoms with E-state index in [1.165, 1.54) is 12.7 Å². The van der Waals surface area contributed by atoms with E-state index in [-0.39, 0.29) is 17.2 Å². The minimum atomic E-state index is -0.290. The average Bonchev–Trinajstić information content (AvgIpc) is 2.64. The number of hydrogen-bond acceptors (Lipinski definition) is 2. The van der Waals surface area contributed by atoms with Gasteiger partial charge in [-0.25, -0.2) is 0 Å². The van der Waals surface area contributed by atoms with E-state index in [0.717, 1.165) is 31.7 Å². The van der Waals surface area contributed by atoms with Crippen LogP contribution in [0, 0.1) is 24.2 Å². The molecule has 1 fully saturated rings. The van der Waals surface area contributed by atoms with Gasteiger partial charge in [-0.15, -0.1) is 0 Å². The lowest BCUT2D eigenvalue weighted by atomic mass is 9.64. The Hall–Kier alpha value is -0.635. The molecule has 1 aliphatic rings. The maximum Gasteiger partial charge on any atom is 0.293 e. The quantitative estimate of drug-likeness (QED) is 0.559. The molecule has 0 aromatic heterocycles. The van der Waals surface area contributed by atoms with Crippen LogP contribution in [0.5, 0.6) is 0 Å². The Bertz CT molecular complexity index is 281. The van der Waals surface area contributed by atoms with E-state index in [0.29, 0.717) is 6.92 Å². The molecule has 3 nitrogen and oxygen atoms in total. The second-order valence-corrected chi connectivity index (χ2v) is 6.43. The summed E-state index contributed by atoms with van der Waals surface area (Å²) in [5, 5.41) is 0. The van der Waals surface area contributed by atoms with E-state index in [2.05, 4.69) is 27.7 Å². The van der Waals surface area contributed by atoms with Gasteiger partial charge in [0, 0.05) is 13.0 Å². The summed E-state index contributed by atoms with van der Waals surface area (Å²) < 4.78 is 5.68. The second kappa shape index (κ2) is 6.51. The highest BCUT2D eigenvalue weighted by Crippen LogP contribution is 2.39. The molecule has 0 bridgehead atoms. The van der Waals surface area contributed by atoms with Crippen LogP contribution in [0.2, 0.25) is 12.6 Å². The predicted octanol–water partition coefficient (Wildman–Crippen LogP) is 2.78. The first-order valence-electron chi connectivity index (χ1n) is 7.08. The molecule has 1 saturated heterocycles. The van der Waals surface area contributed by atoms with Crippen molar-refractivity contribution < 1.29 is 9.45 Å². The summed E-state index contributed by atoms with van der Waals surface area (Å²) >= 11 is 0. The van der Waals surface area contributed by atoms with Crippen molar-refractivity contribution in [3.63, 3.8) is 0 Å². The van der Waals surface area contributed by atoms with Crippen LogP contribution in [-0.4, -0.2) is 19.4 Å². The first kappa shape index (κ1) is 15.4. The number of nitrogens with two attached hydrogens (primary N) is 1. The number of primary amides is 1. The highest BCUT2D eigenvalue weighted by molar-refractivity contribution is 6.52. The standard InChI is InChI=1S/C14H26BNO2/c1-5-18-15-7-6-12(10-15)9-14(3,4)8-11(2)13(16)17/h11-12H,2,5-10H2,1,3-4H3,(H-,16,17)/p+1. The fourth-order valence-electron chi connectivity index (χ4n) is 3.23. The van der Waals surface area contributed by atoms with Crippen LogP contribution in [0.25, 0.3) is 0 Å². The van der Waals surface area contributed by atoms with Crippen molar-refractivity contribution >= 4 is 12.8 Å². The van der Waals surface area contributed by atoms with Crippen LogP contribution in [0.3, 0.4) is 0 Å². The van der Waals surface area contributed by atoms with Crippen LogP contribution in [-0.2, 0) is 9.45 Å². The molecule has 1 rings (SSSR count). The Morgan fingerprint density at radius 2 is 2.28 bits per heavy atom. The van der Waals surface area contributed by atoms with Gasteiger partial charge in [-0.1, -0.05) is 20.3 Å². The second-order valence-electron chi connectivity index (χ2n) is 6.43. The molecule has 0 radical (unpaired) electrons. The third-order valence-electron chi connectivity index (χ3n) is 3.94. The van der Waals surface area contributed by atoms with E-state index >= 15 is 0 Å². The lowest BCUT2D eigenvalue weighted by Crippen LogP contribution is -2.27. The summed E-state index contributed by atoms with van der Waals surface area (Å²) in [7, 11) is 0. The largest absolute Gasteiger partial charge is 0.436 e. The van der Waals surface area contributed by atoms with E-state index in [4.69, 9.17) is 10.4 Å². The first-order valence-corrected chi connectivity index (χ1v) is 7.08. The van der Waals surface area contributed by atoms with E-state index < -0.39 is 0 Å². The molecule has 1 aliphatic heterocycles. The number of amides is 1. The van der Waals surface area contributed by atoms with Crippen LogP contribution in [0.15, 0.2) is 0 Å². The molecule has 2 N–H and O–H groups in total. The number of rotatable bonds is 7. The maximum atomic E-state index is 11.1. The third-order valence-corrected chi connectivity index (χ3v) is 3.94. The lowest BCUT2D eigenvalue weighted by Gasteiger charge is -2.28. The Morgan fingerprint density at radius 3 is 2.83 bits per heavy atom. The van der Waals surface area contributed by atoms with Crippen molar-refractivity contribution in [1.29, 1.82) is 0 Å². The van der Waals surface area contributed by atoms with Gasteiger partial charge in [0.25, 0.3) is 12.8 Å². The van der Waals surface area contributed by atoms with Gasteiger partial charge in [0.05, 0.1) is 6.92 Å².